The first-order valence-corrected chi connectivity index (χ1v) is 6.02. The van der Waals surface area contributed by atoms with Crippen molar-refractivity contribution in [1.82, 2.24) is 5.32 Å². The summed E-state index contributed by atoms with van der Waals surface area (Å²) in [5.74, 6) is 0.946. The highest BCUT2D eigenvalue weighted by Crippen LogP contribution is 2.14. The first-order valence-electron chi connectivity index (χ1n) is 6.02. The fourth-order valence-electron chi connectivity index (χ4n) is 1.62. The maximum Gasteiger partial charge on any atom is -0.00490 e. The van der Waals surface area contributed by atoms with Crippen molar-refractivity contribution in [3.8, 4) is 0 Å². The van der Waals surface area contributed by atoms with E-state index in [4.69, 9.17) is 0 Å². The van der Waals surface area contributed by atoms with Gasteiger partial charge in [-0.1, -0.05) is 52.9 Å². The second-order valence-electron chi connectivity index (χ2n) is 4.10. The van der Waals surface area contributed by atoms with E-state index in [-0.39, 0.29) is 0 Å². The van der Waals surface area contributed by atoms with E-state index in [0.717, 1.165) is 12.5 Å². The van der Waals surface area contributed by atoms with Crippen LogP contribution in [0.4, 0.5) is 0 Å². The minimum absolute atomic E-state index is 0.946. The molecule has 1 nitrogen and oxygen atoms in total. The highest BCUT2D eigenvalue weighted by Gasteiger charge is 2.00. The average molecular weight is 185 g/mol. The lowest BCUT2D eigenvalue weighted by Crippen LogP contribution is -2.14. The summed E-state index contributed by atoms with van der Waals surface area (Å²) in [6, 6.07) is 0. The van der Waals surface area contributed by atoms with Gasteiger partial charge in [0.1, 0.15) is 0 Å². The third kappa shape index (κ3) is 9.88. The molecule has 1 atom stereocenters. The monoisotopic (exact) mass is 185 g/mol. The molecule has 0 amide bonds. The molecule has 0 aliphatic carbocycles. The molecular weight excluding hydrogens is 158 g/mol. The number of unbranched alkanes of at least 4 members (excludes halogenated alkanes) is 2. The molecule has 1 N–H and O–H groups in total. The van der Waals surface area contributed by atoms with E-state index in [2.05, 4.69) is 26.1 Å². The van der Waals surface area contributed by atoms with Gasteiger partial charge in [-0.15, -0.1) is 0 Å². The molecule has 0 bridgehead atoms. The zero-order valence-electron chi connectivity index (χ0n) is 9.73. The minimum Gasteiger partial charge on any atom is -0.317 e. The van der Waals surface area contributed by atoms with Gasteiger partial charge in [0, 0.05) is 0 Å². The lowest BCUT2D eigenvalue weighted by atomic mass is 9.98. The quantitative estimate of drug-likeness (QED) is 0.541. The molecule has 0 aromatic carbocycles. The van der Waals surface area contributed by atoms with Crippen LogP contribution in [0.15, 0.2) is 0 Å². The van der Waals surface area contributed by atoms with E-state index < -0.39 is 0 Å². The fraction of sp³-hybridized carbons (Fsp3) is 1.00. The van der Waals surface area contributed by atoms with Crippen molar-refractivity contribution in [3.05, 3.63) is 0 Å². The molecule has 0 radical (unpaired) electrons. The number of hydrogen-bond donors (Lipinski definition) is 1. The van der Waals surface area contributed by atoms with Crippen molar-refractivity contribution in [1.29, 1.82) is 0 Å². The molecule has 1 heteroatoms. The summed E-state index contributed by atoms with van der Waals surface area (Å²) < 4.78 is 0. The molecule has 0 aromatic rings. The molecule has 13 heavy (non-hydrogen) atoms. The van der Waals surface area contributed by atoms with Gasteiger partial charge in [0.05, 0.1) is 0 Å². The maximum absolute atomic E-state index is 3.37. The summed E-state index contributed by atoms with van der Waals surface area (Å²) >= 11 is 0. The third-order valence-electron chi connectivity index (χ3n) is 2.60. The van der Waals surface area contributed by atoms with Crippen molar-refractivity contribution in [2.75, 3.05) is 13.1 Å². The molecule has 1 unspecified atom stereocenters. The third-order valence-corrected chi connectivity index (χ3v) is 2.60. The van der Waals surface area contributed by atoms with Crippen LogP contribution in [0.1, 0.15) is 59.3 Å². The maximum atomic E-state index is 3.37. The molecule has 0 heterocycles. The average Bonchev–Trinajstić information content (AvgIpc) is 2.14. The van der Waals surface area contributed by atoms with Crippen LogP contribution < -0.4 is 5.32 Å². The number of nitrogens with one attached hydrogen (secondary N) is 1. The molecule has 0 fully saturated rings. The zero-order valence-corrected chi connectivity index (χ0v) is 9.73. The summed E-state index contributed by atoms with van der Waals surface area (Å²) in [6.07, 6.45) is 8.36. The van der Waals surface area contributed by atoms with Crippen LogP contribution in [0.3, 0.4) is 0 Å². The van der Waals surface area contributed by atoms with Gasteiger partial charge >= 0.3 is 0 Å². The Kier molecular flexibility index (Phi) is 10.0. The van der Waals surface area contributed by atoms with E-state index >= 15 is 0 Å². The second kappa shape index (κ2) is 10.0. The van der Waals surface area contributed by atoms with E-state index in [0.29, 0.717) is 0 Å². The summed E-state index contributed by atoms with van der Waals surface area (Å²) in [4.78, 5) is 0. The Morgan fingerprint density at radius 3 is 2.31 bits per heavy atom. The van der Waals surface area contributed by atoms with Crippen LogP contribution in [0.2, 0.25) is 0 Å². The Labute approximate surface area is 84.3 Å². The van der Waals surface area contributed by atoms with Gasteiger partial charge in [0.2, 0.25) is 0 Å². The highest BCUT2D eigenvalue weighted by molar-refractivity contribution is 4.54. The Bertz CT molecular complexity index is 91.1. The number of hydrogen-bond acceptors (Lipinski definition) is 1. The predicted octanol–water partition coefficient (Wildman–Crippen LogP) is 3.59. The molecule has 0 saturated carbocycles. The van der Waals surface area contributed by atoms with E-state index in [1.807, 2.05) is 0 Å². The van der Waals surface area contributed by atoms with Gasteiger partial charge in [-0.25, -0.2) is 0 Å². The highest BCUT2D eigenvalue weighted by atomic mass is 14.8. The summed E-state index contributed by atoms with van der Waals surface area (Å²) in [5.41, 5.74) is 0. The molecule has 0 aliphatic rings. The van der Waals surface area contributed by atoms with E-state index in [1.165, 1.54) is 45.1 Å². The van der Waals surface area contributed by atoms with Crippen molar-refractivity contribution in [2.45, 2.75) is 59.3 Å². The van der Waals surface area contributed by atoms with Gasteiger partial charge in [-0.05, 0) is 25.4 Å². The topological polar surface area (TPSA) is 12.0 Å². The van der Waals surface area contributed by atoms with Crippen molar-refractivity contribution in [2.24, 2.45) is 5.92 Å². The predicted molar refractivity (Wildman–Crippen MR) is 61.1 cm³/mol. The van der Waals surface area contributed by atoms with Gasteiger partial charge in [0.15, 0.2) is 0 Å². The Morgan fingerprint density at radius 1 is 1.00 bits per heavy atom. The van der Waals surface area contributed by atoms with Crippen LogP contribution in [-0.2, 0) is 0 Å². The summed E-state index contributed by atoms with van der Waals surface area (Å²) in [7, 11) is 0. The Morgan fingerprint density at radius 2 is 1.69 bits per heavy atom. The normalized spacial score (nSPS) is 13.2. The first-order chi connectivity index (χ1) is 6.31. The SMILES string of the molecule is CCCCC(C)CCCCNCC. The molecule has 0 rings (SSSR count). The molecule has 0 spiro atoms. The molecule has 0 saturated heterocycles. The first kappa shape index (κ1) is 13.0. The van der Waals surface area contributed by atoms with Crippen molar-refractivity contribution >= 4 is 0 Å². The molecular formula is C12H27N. The van der Waals surface area contributed by atoms with Gasteiger partial charge < -0.3 is 5.32 Å². The number of rotatable bonds is 9. The van der Waals surface area contributed by atoms with Gasteiger partial charge in [0.25, 0.3) is 0 Å². The van der Waals surface area contributed by atoms with E-state index in [9.17, 15) is 0 Å². The van der Waals surface area contributed by atoms with Crippen LogP contribution in [-0.4, -0.2) is 13.1 Å². The standard InChI is InChI=1S/C12H27N/c1-4-6-9-12(3)10-7-8-11-13-5-2/h12-13H,4-11H2,1-3H3. The van der Waals surface area contributed by atoms with Crippen LogP contribution >= 0.6 is 0 Å². The fourth-order valence-corrected chi connectivity index (χ4v) is 1.62. The smallest absolute Gasteiger partial charge is 0.00490 e. The lowest BCUT2D eigenvalue weighted by molar-refractivity contribution is 0.446. The largest absolute Gasteiger partial charge is 0.317 e. The minimum atomic E-state index is 0.946. The molecule has 80 valence electrons. The van der Waals surface area contributed by atoms with Crippen LogP contribution in [0, 0.1) is 5.92 Å². The zero-order chi connectivity index (χ0) is 9.94. The summed E-state index contributed by atoms with van der Waals surface area (Å²) in [5, 5.41) is 3.37. The summed E-state index contributed by atoms with van der Waals surface area (Å²) in [6.45, 7) is 9.16. The Balaban J connectivity index is 3.03. The van der Waals surface area contributed by atoms with Crippen LogP contribution in [0.25, 0.3) is 0 Å². The van der Waals surface area contributed by atoms with Crippen molar-refractivity contribution in [3.63, 3.8) is 0 Å². The molecule has 0 aliphatic heterocycles. The van der Waals surface area contributed by atoms with E-state index in [1.54, 1.807) is 0 Å². The second-order valence-corrected chi connectivity index (χ2v) is 4.10. The lowest BCUT2D eigenvalue weighted by Gasteiger charge is -2.10. The van der Waals surface area contributed by atoms with Gasteiger partial charge in [-0.2, -0.15) is 0 Å². The molecule has 0 aromatic heterocycles. The van der Waals surface area contributed by atoms with Crippen LogP contribution in [0.5, 0.6) is 0 Å². The van der Waals surface area contributed by atoms with Gasteiger partial charge in [-0.3, -0.25) is 0 Å². The van der Waals surface area contributed by atoms with Crippen molar-refractivity contribution < 1.29 is 0 Å². The Hall–Kier alpha value is -0.0400.